The number of nitrogens with zero attached hydrogens (tertiary/aromatic N) is 1. The van der Waals surface area contributed by atoms with Gasteiger partial charge in [-0.2, -0.15) is 0 Å². The number of hydrogen-bond acceptors (Lipinski definition) is 11. The second-order valence-corrected chi connectivity index (χ2v) is 14.2. The first-order valence-corrected chi connectivity index (χ1v) is 17.7. The molecule has 1 rings (SSSR count). The largest absolute Gasteiger partial charge is 0.490 e. The van der Waals surface area contributed by atoms with E-state index >= 15 is 0 Å². The van der Waals surface area contributed by atoms with Gasteiger partial charge in [-0.25, -0.2) is 14.4 Å². The summed E-state index contributed by atoms with van der Waals surface area (Å²) < 4.78 is 20.9. The molecule has 1 aromatic rings. The van der Waals surface area contributed by atoms with Crippen molar-refractivity contribution in [3.63, 3.8) is 0 Å². The fourth-order valence-corrected chi connectivity index (χ4v) is 4.64. The molecule has 0 heterocycles. The van der Waals surface area contributed by atoms with Gasteiger partial charge in [0.1, 0.15) is 41.7 Å². The smallest absolute Gasteiger partial charge is 0.414 e. The van der Waals surface area contributed by atoms with Gasteiger partial charge in [0.05, 0.1) is 7.11 Å². The maximum absolute atomic E-state index is 13.6. The molecule has 16 nitrogen and oxygen atoms in total. The van der Waals surface area contributed by atoms with Crippen molar-refractivity contribution in [2.75, 3.05) is 20.3 Å². The van der Waals surface area contributed by atoms with Gasteiger partial charge in [-0.3, -0.25) is 30.0 Å². The number of nitrogens with one attached hydrogen (secondary N) is 5. The van der Waals surface area contributed by atoms with E-state index < -0.39 is 65.2 Å². The minimum absolute atomic E-state index is 0.0924. The van der Waals surface area contributed by atoms with Crippen molar-refractivity contribution in [3.05, 3.63) is 55.1 Å². The van der Waals surface area contributed by atoms with Crippen LogP contribution in [0.25, 0.3) is 0 Å². The molecule has 54 heavy (non-hydrogen) atoms. The van der Waals surface area contributed by atoms with Gasteiger partial charge in [-0.1, -0.05) is 43.7 Å². The molecular weight excluding hydrogens is 700 g/mol. The highest BCUT2D eigenvalue weighted by atomic mass is 16.6. The van der Waals surface area contributed by atoms with Gasteiger partial charge in [0.15, 0.2) is 0 Å². The van der Waals surface area contributed by atoms with Crippen molar-refractivity contribution >= 4 is 41.8 Å². The lowest BCUT2D eigenvalue weighted by Gasteiger charge is -2.24. The van der Waals surface area contributed by atoms with E-state index in [0.29, 0.717) is 31.6 Å². The van der Waals surface area contributed by atoms with Gasteiger partial charge in [-0.05, 0) is 78.5 Å². The molecule has 0 saturated carbocycles. The standard InChI is InChI=1S/C38H58N6O10/c1-11-16-29(33(48)51-10)42-31(46)28(41-32(47)30(40-25(3)45)24-26-18-20-27(21-19-26)52-23-12-2)17-14-13-15-22-39-34(43-35(49)53-37(4,5)6)44-36(50)54-38(7,8)9/h11-12,18-21,28-30H,1-2,13-17,22-24H2,3-10H3,(H,40,45)(H,41,47)(H,42,46)(H2,39,43,44,49,50)/t28-,29-,30-/m0/s1. The fourth-order valence-electron chi connectivity index (χ4n) is 4.64. The summed E-state index contributed by atoms with van der Waals surface area (Å²) in [4.78, 5) is 80.6. The zero-order chi connectivity index (χ0) is 40.9. The maximum Gasteiger partial charge on any atom is 0.414 e. The molecule has 0 bridgehead atoms. The minimum atomic E-state index is -1.10. The molecule has 0 aromatic heterocycles. The van der Waals surface area contributed by atoms with Gasteiger partial charge >= 0.3 is 18.2 Å². The number of methoxy groups -OCH3 is 1. The van der Waals surface area contributed by atoms with E-state index in [4.69, 9.17) is 18.9 Å². The first-order valence-electron chi connectivity index (χ1n) is 17.7. The number of hydrogen-bond donors (Lipinski definition) is 5. The van der Waals surface area contributed by atoms with E-state index in [2.05, 4.69) is 44.7 Å². The van der Waals surface area contributed by atoms with Gasteiger partial charge in [0, 0.05) is 19.9 Å². The number of benzene rings is 1. The van der Waals surface area contributed by atoms with Crippen LogP contribution in [0.3, 0.4) is 0 Å². The molecule has 300 valence electrons. The highest BCUT2D eigenvalue weighted by Crippen LogP contribution is 2.15. The number of amides is 5. The highest BCUT2D eigenvalue weighted by molar-refractivity contribution is 6.01. The van der Waals surface area contributed by atoms with E-state index in [1.807, 2.05) is 0 Å². The van der Waals surface area contributed by atoms with Crippen LogP contribution in [0.5, 0.6) is 5.75 Å². The van der Waals surface area contributed by atoms with Gasteiger partial charge in [0.25, 0.3) is 0 Å². The Hall–Kier alpha value is -5.41. The molecule has 0 aliphatic carbocycles. The molecule has 5 N–H and O–H groups in total. The Kier molecular flexibility index (Phi) is 20.1. The molecule has 0 aliphatic rings. The van der Waals surface area contributed by atoms with Crippen LogP contribution in [-0.2, 0) is 39.8 Å². The Bertz CT molecular complexity index is 1430. The third-order valence-electron chi connectivity index (χ3n) is 6.92. The van der Waals surface area contributed by atoms with Crippen molar-refractivity contribution < 1.29 is 47.7 Å². The molecule has 0 fully saturated rings. The number of alkyl carbamates (subject to hydrolysis) is 2. The Labute approximate surface area is 318 Å². The van der Waals surface area contributed by atoms with Crippen LogP contribution in [0.1, 0.15) is 86.1 Å². The van der Waals surface area contributed by atoms with Crippen LogP contribution < -0.4 is 31.3 Å². The molecule has 0 saturated heterocycles. The predicted molar refractivity (Wildman–Crippen MR) is 204 cm³/mol. The number of esters is 1. The zero-order valence-corrected chi connectivity index (χ0v) is 32.8. The van der Waals surface area contributed by atoms with Crippen LogP contribution in [0, 0.1) is 0 Å². The Morgan fingerprint density at radius 2 is 1.31 bits per heavy atom. The van der Waals surface area contributed by atoms with Gasteiger partial charge in [-0.15, -0.1) is 6.58 Å². The second kappa shape index (κ2) is 23.3. The van der Waals surface area contributed by atoms with Gasteiger partial charge in [0.2, 0.25) is 23.7 Å². The van der Waals surface area contributed by atoms with E-state index in [9.17, 15) is 28.8 Å². The first kappa shape index (κ1) is 46.6. The molecule has 0 spiro atoms. The van der Waals surface area contributed by atoms with Crippen molar-refractivity contribution in [2.45, 2.75) is 116 Å². The number of rotatable bonds is 19. The number of aliphatic imine (C=N–C) groups is 1. The third kappa shape index (κ3) is 20.6. The second-order valence-electron chi connectivity index (χ2n) is 14.2. The zero-order valence-electron chi connectivity index (χ0n) is 32.8. The molecule has 1 aromatic carbocycles. The lowest BCUT2D eigenvalue weighted by molar-refractivity contribution is -0.145. The van der Waals surface area contributed by atoms with Crippen LogP contribution >= 0.6 is 0 Å². The summed E-state index contributed by atoms with van der Waals surface area (Å²) in [7, 11) is 1.19. The number of carbonyl (C=O) groups excluding carboxylic acids is 6. The SMILES string of the molecule is C=CCOc1ccc(C[C@H](NC(C)=O)C(=O)N[C@@H](CCCCCN=C(NC(=O)OC(C)(C)C)NC(=O)OC(C)(C)C)C(=O)N[C@@H](CC=C)C(=O)OC)cc1. The summed E-state index contributed by atoms with van der Waals surface area (Å²) in [5, 5.41) is 12.9. The summed E-state index contributed by atoms with van der Waals surface area (Å²) in [5.41, 5.74) is -0.859. The van der Waals surface area contributed by atoms with E-state index in [-0.39, 0.29) is 31.8 Å². The Balaban J connectivity index is 3.12. The van der Waals surface area contributed by atoms with Crippen molar-refractivity contribution in [1.29, 1.82) is 0 Å². The van der Waals surface area contributed by atoms with Crippen LogP contribution in [0.2, 0.25) is 0 Å². The van der Waals surface area contributed by atoms with Crippen LogP contribution in [-0.4, -0.2) is 91.4 Å². The van der Waals surface area contributed by atoms with E-state index in [0.717, 1.165) is 5.56 Å². The lowest BCUT2D eigenvalue weighted by atomic mass is 10.0. The van der Waals surface area contributed by atoms with E-state index in [1.54, 1.807) is 71.9 Å². The summed E-state index contributed by atoms with van der Waals surface area (Å²) >= 11 is 0. The number of carbonyl (C=O) groups is 6. The number of ether oxygens (including phenoxy) is 4. The third-order valence-corrected chi connectivity index (χ3v) is 6.92. The van der Waals surface area contributed by atoms with Crippen LogP contribution in [0.4, 0.5) is 9.59 Å². The molecular formula is C38H58N6O10. The Morgan fingerprint density at radius 1 is 0.759 bits per heavy atom. The summed E-state index contributed by atoms with van der Waals surface area (Å²) in [6.07, 6.45) is 3.19. The summed E-state index contributed by atoms with van der Waals surface area (Å²) in [6.45, 7) is 19.2. The molecule has 0 radical (unpaired) electrons. The highest BCUT2D eigenvalue weighted by Gasteiger charge is 2.29. The number of unbranched alkanes of at least 4 members (excludes halogenated alkanes) is 2. The predicted octanol–water partition coefficient (Wildman–Crippen LogP) is 3.98. The first-order chi connectivity index (χ1) is 25.3. The van der Waals surface area contributed by atoms with Crippen molar-refractivity contribution in [2.24, 2.45) is 4.99 Å². The maximum atomic E-state index is 13.6. The topological polar surface area (TPSA) is 212 Å². The minimum Gasteiger partial charge on any atom is -0.490 e. The average molecular weight is 759 g/mol. The Morgan fingerprint density at radius 3 is 1.81 bits per heavy atom. The molecule has 3 atom stereocenters. The average Bonchev–Trinajstić information content (AvgIpc) is 3.05. The van der Waals surface area contributed by atoms with Crippen molar-refractivity contribution in [3.8, 4) is 5.75 Å². The summed E-state index contributed by atoms with van der Waals surface area (Å²) in [5.74, 6) is -1.92. The normalized spacial score (nSPS) is 12.7. The van der Waals surface area contributed by atoms with Crippen LogP contribution in [0.15, 0.2) is 54.6 Å². The number of guanidine groups is 1. The lowest BCUT2D eigenvalue weighted by Crippen LogP contribution is -2.56. The molecule has 0 unspecified atom stereocenters. The molecule has 0 aliphatic heterocycles. The molecule has 16 heteroatoms. The van der Waals surface area contributed by atoms with Crippen molar-refractivity contribution in [1.82, 2.24) is 26.6 Å². The summed E-state index contributed by atoms with van der Waals surface area (Å²) in [6, 6.07) is 3.85. The van der Waals surface area contributed by atoms with Gasteiger partial charge < -0.3 is 34.9 Å². The molecule has 5 amide bonds. The van der Waals surface area contributed by atoms with E-state index in [1.165, 1.54) is 20.1 Å². The quantitative estimate of drug-likeness (QED) is 0.0342. The monoisotopic (exact) mass is 758 g/mol. The fraction of sp³-hybridized carbons (Fsp3) is 0.553.